The monoisotopic (exact) mass is 194 g/mol. The van der Waals surface area contributed by atoms with Gasteiger partial charge in [0.1, 0.15) is 13.2 Å². The van der Waals surface area contributed by atoms with Crippen LogP contribution < -0.4 is 0 Å². The molecule has 0 aliphatic carbocycles. The topological polar surface area (TPSA) is 43.2 Å². The Kier molecular flexibility index (Phi) is 3.16. The number of hydrogen-bond donors (Lipinski definition) is 0. The molecule has 76 valence electrons. The van der Waals surface area contributed by atoms with E-state index in [1.54, 1.807) is 0 Å². The Bertz CT molecular complexity index is 254. The molecule has 0 spiro atoms. The van der Waals surface area contributed by atoms with Crippen LogP contribution in [0.1, 0.15) is 12.8 Å². The lowest BCUT2D eigenvalue weighted by Crippen LogP contribution is -1.98. The number of rotatable bonds is 4. The highest BCUT2D eigenvalue weighted by atomic mass is 16.5. The fourth-order valence-electron chi connectivity index (χ4n) is 1.37. The molecule has 0 saturated carbocycles. The van der Waals surface area contributed by atoms with E-state index in [2.05, 4.69) is 9.98 Å². The molecule has 0 N–H and O–H groups in total. The van der Waals surface area contributed by atoms with E-state index in [-0.39, 0.29) is 0 Å². The van der Waals surface area contributed by atoms with Crippen molar-refractivity contribution in [3.8, 4) is 0 Å². The second-order valence-corrected chi connectivity index (χ2v) is 3.13. The molecule has 2 aliphatic rings. The largest absolute Gasteiger partial charge is 0.479 e. The van der Waals surface area contributed by atoms with Gasteiger partial charge in [0, 0.05) is 12.8 Å². The Hall–Kier alpha value is -1.32. The summed E-state index contributed by atoms with van der Waals surface area (Å²) in [5.74, 6) is 1.69. The maximum absolute atomic E-state index is 5.26. The van der Waals surface area contributed by atoms with Crippen molar-refractivity contribution in [1.29, 1.82) is 0 Å². The quantitative estimate of drug-likeness (QED) is 0.631. The van der Waals surface area contributed by atoms with Crippen LogP contribution in [0.3, 0.4) is 0 Å². The second kappa shape index (κ2) is 4.79. The van der Waals surface area contributed by atoms with Crippen LogP contribution >= 0.6 is 0 Å². The van der Waals surface area contributed by atoms with Crippen molar-refractivity contribution in [2.75, 3.05) is 26.3 Å². The molecular weight excluding hydrogens is 180 g/mol. The summed E-state index contributed by atoms with van der Waals surface area (Å²) in [6.45, 7) is 3.08. The second-order valence-electron chi connectivity index (χ2n) is 3.13. The maximum Gasteiger partial charge on any atom is 0.187 e. The number of ether oxygens (including phenoxy) is 2. The molecule has 0 unspecified atom stereocenters. The lowest BCUT2D eigenvalue weighted by Gasteiger charge is -1.97. The molecular formula is C10H14N2O2. The van der Waals surface area contributed by atoms with Gasteiger partial charge in [-0.3, -0.25) is 9.98 Å². The van der Waals surface area contributed by atoms with Gasteiger partial charge < -0.3 is 9.47 Å². The van der Waals surface area contributed by atoms with Crippen molar-refractivity contribution in [3.05, 3.63) is 12.2 Å². The molecule has 0 aromatic heterocycles. The van der Waals surface area contributed by atoms with Crippen molar-refractivity contribution >= 4 is 11.8 Å². The van der Waals surface area contributed by atoms with E-state index in [1.807, 2.05) is 12.2 Å². The summed E-state index contributed by atoms with van der Waals surface area (Å²) in [5, 5.41) is 0. The normalized spacial score (nSPS) is 20.6. The molecule has 0 saturated heterocycles. The summed E-state index contributed by atoms with van der Waals surface area (Å²) in [5.41, 5.74) is 0. The minimum Gasteiger partial charge on any atom is -0.479 e. The lowest BCUT2D eigenvalue weighted by molar-refractivity contribution is 0.340. The molecule has 2 rings (SSSR count). The average Bonchev–Trinajstić information content (AvgIpc) is 2.86. The fourth-order valence-corrected chi connectivity index (χ4v) is 1.37. The third kappa shape index (κ3) is 2.58. The van der Waals surface area contributed by atoms with Gasteiger partial charge in [-0.05, 0) is 0 Å². The molecule has 2 heterocycles. The molecule has 0 aromatic rings. The SMILES string of the molecule is C(=CCC1=NCCO1)CC1=NCCO1. The van der Waals surface area contributed by atoms with Crippen LogP contribution in [0.15, 0.2) is 22.1 Å². The van der Waals surface area contributed by atoms with Crippen molar-refractivity contribution in [2.45, 2.75) is 12.8 Å². The van der Waals surface area contributed by atoms with Crippen LogP contribution in [0.2, 0.25) is 0 Å². The van der Waals surface area contributed by atoms with Gasteiger partial charge in [-0.15, -0.1) is 0 Å². The first-order valence-corrected chi connectivity index (χ1v) is 4.92. The predicted molar refractivity (Wildman–Crippen MR) is 54.9 cm³/mol. The van der Waals surface area contributed by atoms with Gasteiger partial charge in [-0.2, -0.15) is 0 Å². The highest BCUT2D eigenvalue weighted by Crippen LogP contribution is 2.02. The van der Waals surface area contributed by atoms with E-state index in [0.29, 0.717) is 0 Å². The first kappa shape index (κ1) is 9.24. The number of aliphatic imine (C=N–C) groups is 2. The van der Waals surface area contributed by atoms with Gasteiger partial charge in [-0.25, -0.2) is 0 Å². The summed E-state index contributed by atoms with van der Waals surface area (Å²) in [7, 11) is 0. The average molecular weight is 194 g/mol. The first-order chi connectivity index (χ1) is 6.95. The number of hydrogen-bond acceptors (Lipinski definition) is 4. The minimum absolute atomic E-state index is 0.735. The Morgan fingerprint density at radius 3 is 1.79 bits per heavy atom. The van der Waals surface area contributed by atoms with Gasteiger partial charge in [0.2, 0.25) is 0 Å². The zero-order valence-corrected chi connectivity index (χ0v) is 8.11. The zero-order chi connectivity index (χ0) is 9.64. The van der Waals surface area contributed by atoms with E-state index in [9.17, 15) is 0 Å². The van der Waals surface area contributed by atoms with Crippen LogP contribution in [0.25, 0.3) is 0 Å². The summed E-state index contributed by atoms with van der Waals surface area (Å²) < 4.78 is 10.5. The van der Waals surface area contributed by atoms with E-state index in [1.165, 1.54) is 0 Å². The highest BCUT2D eigenvalue weighted by molar-refractivity contribution is 5.80. The predicted octanol–water partition coefficient (Wildman–Crippen LogP) is 1.18. The first-order valence-electron chi connectivity index (χ1n) is 4.92. The Balaban J connectivity index is 1.67. The molecule has 0 radical (unpaired) electrons. The van der Waals surface area contributed by atoms with E-state index >= 15 is 0 Å². The van der Waals surface area contributed by atoms with Gasteiger partial charge in [0.05, 0.1) is 13.1 Å². The van der Waals surface area contributed by atoms with Crippen molar-refractivity contribution in [3.63, 3.8) is 0 Å². The van der Waals surface area contributed by atoms with Crippen LogP contribution in [-0.4, -0.2) is 38.1 Å². The summed E-state index contributed by atoms with van der Waals surface area (Å²) in [6, 6.07) is 0. The standard InChI is InChI=1S/C10H14N2O2/c1(3-9-11-5-7-13-9)2-4-10-12-6-8-14-10/h1-2H,3-8H2. The van der Waals surface area contributed by atoms with Crippen LogP contribution in [0.4, 0.5) is 0 Å². The van der Waals surface area contributed by atoms with Gasteiger partial charge >= 0.3 is 0 Å². The van der Waals surface area contributed by atoms with E-state index in [4.69, 9.17) is 9.47 Å². The van der Waals surface area contributed by atoms with E-state index < -0.39 is 0 Å². The Morgan fingerprint density at radius 1 is 0.929 bits per heavy atom. The molecule has 4 heteroatoms. The van der Waals surface area contributed by atoms with Crippen LogP contribution in [-0.2, 0) is 9.47 Å². The molecule has 2 aliphatic heterocycles. The molecule has 0 atom stereocenters. The third-order valence-corrected chi connectivity index (χ3v) is 2.05. The fraction of sp³-hybridized carbons (Fsp3) is 0.600. The van der Waals surface area contributed by atoms with Crippen LogP contribution in [0, 0.1) is 0 Å². The van der Waals surface area contributed by atoms with E-state index in [0.717, 1.165) is 50.9 Å². The molecule has 4 nitrogen and oxygen atoms in total. The molecule has 0 aromatic carbocycles. The summed E-state index contributed by atoms with van der Waals surface area (Å²) in [4.78, 5) is 8.37. The minimum atomic E-state index is 0.735. The Morgan fingerprint density at radius 2 is 1.43 bits per heavy atom. The summed E-state index contributed by atoms with van der Waals surface area (Å²) in [6.07, 6.45) is 5.67. The van der Waals surface area contributed by atoms with Gasteiger partial charge in [0.25, 0.3) is 0 Å². The van der Waals surface area contributed by atoms with Gasteiger partial charge in [0.15, 0.2) is 11.8 Å². The van der Waals surface area contributed by atoms with Crippen molar-refractivity contribution in [1.82, 2.24) is 0 Å². The molecule has 0 fully saturated rings. The summed E-state index contributed by atoms with van der Waals surface area (Å²) >= 11 is 0. The smallest absolute Gasteiger partial charge is 0.187 e. The van der Waals surface area contributed by atoms with Crippen molar-refractivity contribution < 1.29 is 9.47 Å². The molecule has 0 bridgehead atoms. The Labute approximate surface area is 83.3 Å². The van der Waals surface area contributed by atoms with Crippen molar-refractivity contribution in [2.24, 2.45) is 9.98 Å². The maximum atomic E-state index is 5.26. The zero-order valence-electron chi connectivity index (χ0n) is 8.11. The lowest BCUT2D eigenvalue weighted by atomic mass is 10.3. The molecule has 0 amide bonds. The third-order valence-electron chi connectivity index (χ3n) is 2.05. The van der Waals surface area contributed by atoms with Crippen LogP contribution in [0.5, 0.6) is 0 Å². The molecule has 14 heavy (non-hydrogen) atoms. The highest BCUT2D eigenvalue weighted by Gasteiger charge is 2.05. The number of nitrogens with zero attached hydrogens (tertiary/aromatic N) is 2. The van der Waals surface area contributed by atoms with Gasteiger partial charge in [-0.1, -0.05) is 12.2 Å².